The van der Waals surface area contributed by atoms with Crippen molar-refractivity contribution in [3.63, 3.8) is 0 Å². The van der Waals surface area contributed by atoms with Crippen molar-refractivity contribution < 1.29 is 27.5 Å². The molecule has 0 radical (unpaired) electrons. The van der Waals surface area contributed by atoms with Gasteiger partial charge in [-0.25, -0.2) is 4.98 Å². The minimum absolute atomic E-state index is 0.0940. The molecule has 44 heavy (non-hydrogen) atoms. The van der Waals surface area contributed by atoms with Crippen molar-refractivity contribution in [3.8, 4) is 5.75 Å². The van der Waals surface area contributed by atoms with E-state index in [0.717, 1.165) is 50.4 Å². The fraction of sp³-hybridized carbons (Fsp3) is 0.344. The first kappa shape index (κ1) is 31.0. The lowest BCUT2D eigenvalue weighted by Gasteiger charge is -2.32. The monoisotopic (exact) mass is 608 g/mol. The normalized spacial score (nSPS) is 15.2. The number of likely N-dealkylation sites (N-methyl/N-ethyl adjacent to an activating group) is 1. The highest BCUT2D eigenvalue weighted by molar-refractivity contribution is 6.04. The molecule has 5 rings (SSSR count). The molecule has 0 bridgehead atoms. The van der Waals surface area contributed by atoms with Crippen molar-refractivity contribution in [1.82, 2.24) is 24.5 Å². The Hall–Kier alpha value is -4.42. The van der Waals surface area contributed by atoms with Gasteiger partial charge >= 0.3 is 6.18 Å². The minimum Gasteiger partial charge on any atom is -0.492 e. The number of amides is 2. The van der Waals surface area contributed by atoms with E-state index in [-0.39, 0.29) is 11.5 Å². The molecular weight excluding hydrogens is 573 g/mol. The molecule has 2 aromatic heterocycles. The molecule has 1 aliphatic heterocycles. The SMILES string of the molecule is Cc1ccc([C@H](C)NC(=O)c2cccc(C(F)(F)F)c2)cc1NC(=O)c1cnc2cc(OCCN3CCN(C)CC3)ccn12. The van der Waals surface area contributed by atoms with E-state index in [0.29, 0.717) is 34.9 Å². The Morgan fingerprint density at radius 2 is 1.80 bits per heavy atom. The second-order valence-corrected chi connectivity index (χ2v) is 11.0. The zero-order chi connectivity index (χ0) is 31.4. The number of aromatic nitrogens is 2. The number of pyridine rings is 1. The predicted octanol–water partition coefficient (Wildman–Crippen LogP) is 5.03. The summed E-state index contributed by atoms with van der Waals surface area (Å²) in [6.07, 6.45) is -1.31. The first-order chi connectivity index (χ1) is 21.0. The van der Waals surface area contributed by atoms with Gasteiger partial charge in [0.25, 0.3) is 11.8 Å². The lowest BCUT2D eigenvalue weighted by atomic mass is 10.0. The van der Waals surface area contributed by atoms with E-state index in [9.17, 15) is 22.8 Å². The van der Waals surface area contributed by atoms with Gasteiger partial charge in [-0.3, -0.25) is 18.9 Å². The zero-order valence-electron chi connectivity index (χ0n) is 24.8. The van der Waals surface area contributed by atoms with Crippen molar-refractivity contribution in [3.05, 3.63) is 94.9 Å². The molecule has 1 saturated heterocycles. The Kier molecular flexibility index (Phi) is 9.21. The number of hydrogen-bond donors (Lipinski definition) is 2. The van der Waals surface area contributed by atoms with Crippen molar-refractivity contribution in [1.29, 1.82) is 0 Å². The number of ether oxygens (including phenoxy) is 1. The fourth-order valence-electron chi connectivity index (χ4n) is 5.01. The van der Waals surface area contributed by atoms with Crippen molar-refractivity contribution in [2.45, 2.75) is 26.1 Å². The summed E-state index contributed by atoms with van der Waals surface area (Å²) in [4.78, 5) is 35.1. The van der Waals surface area contributed by atoms with Gasteiger partial charge in [0.2, 0.25) is 0 Å². The summed E-state index contributed by atoms with van der Waals surface area (Å²) in [5, 5.41) is 5.65. The molecule has 0 unspecified atom stereocenters. The molecule has 1 aliphatic rings. The van der Waals surface area contributed by atoms with Crippen LogP contribution < -0.4 is 15.4 Å². The molecule has 3 heterocycles. The maximum Gasteiger partial charge on any atom is 0.416 e. The molecule has 0 spiro atoms. The highest BCUT2D eigenvalue weighted by Crippen LogP contribution is 2.30. The van der Waals surface area contributed by atoms with Gasteiger partial charge in [-0.15, -0.1) is 0 Å². The Labute approximate surface area is 253 Å². The molecule has 2 amide bonds. The number of halogens is 3. The van der Waals surface area contributed by atoms with Gasteiger partial charge in [0.1, 0.15) is 23.7 Å². The summed E-state index contributed by atoms with van der Waals surface area (Å²) in [6, 6.07) is 12.7. The van der Waals surface area contributed by atoms with Crippen LogP contribution in [0.1, 0.15) is 50.5 Å². The number of anilines is 1. The number of carbonyl (C=O) groups is 2. The smallest absolute Gasteiger partial charge is 0.416 e. The lowest BCUT2D eigenvalue weighted by molar-refractivity contribution is -0.137. The molecule has 1 fully saturated rings. The maximum absolute atomic E-state index is 13.3. The Morgan fingerprint density at radius 3 is 2.55 bits per heavy atom. The molecule has 0 saturated carbocycles. The molecule has 2 N–H and O–H groups in total. The number of carbonyl (C=O) groups excluding carboxylic acids is 2. The number of hydrogen-bond acceptors (Lipinski definition) is 6. The molecule has 9 nitrogen and oxygen atoms in total. The Balaban J connectivity index is 1.22. The van der Waals surface area contributed by atoms with Crippen LogP contribution in [-0.4, -0.2) is 77.4 Å². The van der Waals surface area contributed by atoms with Crippen LogP contribution in [0.5, 0.6) is 5.75 Å². The van der Waals surface area contributed by atoms with Crippen molar-refractivity contribution in [2.24, 2.45) is 0 Å². The van der Waals surface area contributed by atoms with Crippen LogP contribution in [0.25, 0.3) is 5.65 Å². The van der Waals surface area contributed by atoms with Crippen LogP contribution in [0.3, 0.4) is 0 Å². The third-order valence-electron chi connectivity index (χ3n) is 7.80. The highest BCUT2D eigenvalue weighted by atomic mass is 19.4. The van der Waals surface area contributed by atoms with Gasteiger partial charge in [-0.05, 0) is 62.4 Å². The van der Waals surface area contributed by atoms with Crippen LogP contribution in [-0.2, 0) is 6.18 Å². The number of nitrogens with zero attached hydrogens (tertiary/aromatic N) is 4. The third-order valence-corrected chi connectivity index (χ3v) is 7.80. The highest BCUT2D eigenvalue weighted by Gasteiger charge is 2.31. The van der Waals surface area contributed by atoms with E-state index in [1.54, 1.807) is 47.9 Å². The number of piperazine rings is 1. The number of imidazole rings is 1. The number of aryl methyl sites for hydroxylation is 1. The molecular formula is C32H35F3N6O3. The molecule has 12 heteroatoms. The molecule has 232 valence electrons. The predicted molar refractivity (Wildman–Crippen MR) is 161 cm³/mol. The number of fused-ring (bicyclic) bond motifs is 1. The number of nitrogens with one attached hydrogen (secondary N) is 2. The number of benzene rings is 2. The Morgan fingerprint density at radius 1 is 1.02 bits per heavy atom. The van der Waals surface area contributed by atoms with E-state index in [1.807, 2.05) is 6.92 Å². The van der Waals surface area contributed by atoms with Gasteiger partial charge < -0.3 is 20.3 Å². The number of alkyl halides is 3. The van der Waals surface area contributed by atoms with E-state index >= 15 is 0 Å². The molecule has 4 aromatic rings. The van der Waals surface area contributed by atoms with E-state index in [2.05, 4.69) is 32.5 Å². The standard InChI is InChI=1S/C32H35F3N6O3/c1-21-7-8-23(22(2)37-30(42)24-5-4-6-25(17-24)32(33,34)35)18-27(21)38-31(43)28-20-36-29-19-26(9-10-41(28)29)44-16-15-40-13-11-39(3)12-14-40/h4-10,17-20,22H,11-16H2,1-3H3,(H,37,42)(H,38,43)/t22-/m0/s1. The fourth-order valence-corrected chi connectivity index (χ4v) is 5.01. The van der Waals surface area contributed by atoms with Gasteiger partial charge in [0, 0.05) is 56.2 Å². The van der Waals surface area contributed by atoms with Gasteiger partial charge in [-0.1, -0.05) is 18.2 Å². The van der Waals surface area contributed by atoms with Crippen LogP contribution in [0, 0.1) is 6.92 Å². The van der Waals surface area contributed by atoms with Crippen LogP contribution in [0.2, 0.25) is 0 Å². The number of rotatable bonds is 9. The van der Waals surface area contributed by atoms with Crippen LogP contribution in [0.15, 0.2) is 67.0 Å². The molecule has 1 atom stereocenters. The minimum atomic E-state index is -4.55. The van der Waals surface area contributed by atoms with Gasteiger partial charge in [0.05, 0.1) is 17.8 Å². The van der Waals surface area contributed by atoms with Crippen LogP contribution in [0.4, 0.5) is 18.9 Å². The van der Waals surface area contributed by atoms with Crippen molar-refractivity contribution in [2.75, 3.05) is 51.7 Å². The van der Waals surface area contributed by atoms with Gasteiger partial charge in [0.15, 0.2) is 0 Å². The summed E-state index contributed by atoms with van der Waals surface area (Å²) in [5.41, 5.74) is 1.92. The molecule has 0 aliphatic carbocycles. The second-order valence-electron chi connectivity index (χ2n) is 11.0. The average molecular weight is 609 g/mol. The van der Waals surface area contributed by atoms with E-state index < -0.39 is 23.7 Å². The van der Waals surface area contributed by atoms with E-state index in [1.165, 1.54) is 18.3 Å². The first-order valence-corrected chi connectivity index (χ1v) is 14.4. The van der Waals surface area contributed by atoms with E-state index in [4.69, 9.17) is 4.74 Å². The maximum atomic E-state index is 13.3. The summed E-state index contributed by atoms with van der Waals surface area (Å²) in [6.45, 7) is 9.10. The zero-order valence-corrected chi connectivity index (χ0v) is 24.8. The summed E-state index contributed by atoms with van der Waals surface area (Å²) in [5.74, 6) is -0.334. The second kappa shape index (κ2) is 13.1. The quantitative estimate of drug-likeness (QED) is 0.277. The van der Waals surface area contributed by atoms with Crippen molar-refractivity contribution >= 4 is 23.1 Å². The third kappa shape index (κ3) is 7.37. The lowest BCUT2D eigenvalue weighted by Crippen LogP contribution is -2.45. The van der Waals surface area contributed by atoms with Gasteiger partial charge in [-0.2, -0.15) is 13.2 Å². The molecule has 2 aromatic carbocycles. The summed E-state index contributed by atoms with van der Waals surface area (Å²) >= 11 is 0. The van der Waals surface area contributed by atoms with Crippen LogP contribution >= 0.6 is 0 Å². The topological polar surface area (TPSA) is 91.2 Å². The summed E-state index contributed by atoms with van der Waals surface area (Å²) in [7, 11) is 2.12. The largest absolute Gasteiger partial charge is 0.492 e. The Bertz CT molecular complexity index is 1650. The first-order valence-electron chi connectivity index (χ1n) is 14.4. The average Bonchev–Trinajstić information content (AvgIpc) is 3.42. The summed E-state index contributed by atoms with van der Waals surface area (Å²) < 4.78 is 46.9.